The maximum atomic E-state index is 13.3. The molecule has 3 aromatic rings. The molecular weight excluding hydrogens is 335 g/mol. The van der Waals surface area contributed by atoms with Gasteiger partial charge < -0.3 is 10.1 Å². The summed E-state index contributed by atoms with van der Waals surface area (Å²) in [7, 11) is 0. The van der Waals surface area contributed by atoms with Gasteiger partial charge >= 0.3 is 0 Å². The lowest BCUT2D eigenvalue weighted by molar-refractivity contribution is -0.125. The van der Waals surface area contributed by atoms with Crippen molar-refractivity contribution >= 4 is 17.2 Å². The number of nitrogens with zero attached hydrogens (tertiary/aromatic N) is 3. The van der Waals surface area contributed by atoms with Crippen LogP contribution in [0.2, 0.25) is 0 Å². The lowest BCUT2D eigenvalue weighted by Gasteiger charge is -2.36. The minimum absolute atomic E-state index is 0.122. The van der Waals surface area contributed by atoms with Crippen molar-refractivity contribution in [3.63, 3.8) is 0 Å². The molecule has 0 atom stereocenters. The molecule has 1 aliphatic heterocycles. The third-order valence-corrected chi connectivity index (χ3v) is 4.87. The van der Waals surface area contributed by atoms with Crippen LogP contribution in [-0.4, -0.2) is 33.7 Å². The topological polar surface area (TPSA) is 68.5 Å². The second-order valence-electron chi connectivity index (χ2n) is 6.54. The van der Waals surface area contributed by atoms with Crippen LogP contribution in [0.3, 0.4) is 0 Å². The molecule has 0 bridgehead atoms. The van der Waals surface area contributed by atoms with Crippen molar-refractivity contribution in [2.75, 3.05) is 18.5 Å². The van der Waals surface area contributed by atoms with Gasteiger partial charge in [0.2, 0.25) is 5.91 Å². The van der Waals surface area contributed by atoms with Gasteiger partial charge in [-0.2, -0.15) is 5.10 Å². The van der Waals surface area contributed by atoms with E-state index in [2.05, 4.69) is 15.4 Å². The van der Waals surface area contributed by atoms with Crippen LogP contribution in [0.4, 0.5) is 10.1 Å². The summed E-state index contributed by atoms with van der Waals surface area (Å²) in [5.41, 5.74) is 1.43. The van der Waals surface area contributed by atoms with E-state index in [0.29, 0.717) is 37.6 Å². The van der Waals surface area contributed by atoms with Crippen LogP contribution in [0, 0.1) is 12.7 Å². The fourth-order valence-corrected chi connectivity index (χ4v) is 3.45. The van der Waals surface area contributed by atoms with Crippen molar-refractivity contribution in [2.45, 2.75) is 25.2 Å². The van der Waals surface area contributed by atoms with Crippen molar-refractivity contribution in [3.8, 4) is 0 Å². The van der Waals surface area contributed by atoms with Crippen molar-refractivity contribution < 1.29 is 13.9 Å². The smallest absolute Gasteiger partial charge is 0.235 e. The average Bonchev–Trinajstić information content (AvgIpc) is 3.02. The fraction of sp³-hybridized carbons (Fsp3) is 0.316. The van der Waals surface area contributed by atoms with Crippen LogP contribution in [0.5, 0.6) is 0 Å². The molecule has 134 valence electrons. The van der Waals surface area contributed by atoms with Gasteiger partial charge in [0.05, 0.1) is 17.3 Å². The molecule has 0 aliphatic carbocycles. The van der Waals surface area contributed by atoms with Crippen LogP contribution in [0.15, 0.2) is 42.6 Å². The van der Waals surface area contributed by atoms with E-state index in [-0.39, 0.29) is 11.7 Å². The van der Waals surface area contributed by atoms with E-state index >= 15 is 0 Å². The molecule has 1 fully saturated rings. The Morgan fingerprint density at radius 1 is 1.19 bits per heavy atom. The number of hydrogen-bond acceptors (Lipinski definition) is 4. The van der Waals surface area contributed by atoms with Crippen LogP contribution in [-0.2, 0) is 14.9 Å². The number of anilines is 1. The minimum atomic E-state index is -0.737. The highest BCUT2D eigenvalue weighted by molar-refractivity contribution is 5.99. The number of pyridine rings is 1. The summed E-state index contributed by atoms with van der Waals surface area (Å²) in [5.74, 6) is 0.229. The van der Waals surface area contributed by atoms with E-state index in [1.54, 1.807) is 28.9 Å². The number of fused-ring (bicyclic) bond motifs is 1. The Labute approximate surface area is 150 Å². The lowest BCUT2D eigenvalue weighted by Crippen LogP contribution is -2.44. The molecule has 4 rings (SSSR count). The quantitative estimate of drug-likeness (QED) is 0.785. The third-order valence-electron chi connectivity index (χ3n) is 4.87. The van der Waals surface area contributed by atoms with Gasteiger partial charge in [-0.1, -0.05) is 12.1 Å². The highest BCUT2D eigenvalue weighted by Gasteiger charge is 2.41. The number of amides is 1. The van der Waals surface area contributed by atoms with Crippen molar-refractivity contribution in [2.24, 2.45) is 0 Å². The first kappa shape index (κ1) is 16.7. The summed E-state index contributed by atoms with van der Waals surface area (Å²) in [6, 6.07) is 9.77. The predicted octanol–water partition coefficient (Wildman–Crippen LogP) is 2.86. The average molecular weight is 354 g/mol. The zero-order valence-electron chi connectivity index (χ0n) is 14.4. The molecule has 1 aromatic carbocycles. The minimum Gasteiger partial charge on any atom is -0.381 e. The normalized spacial score (nSPS) is 16.5. The van der Waals surface area contributed by atoms with Crippen molar-refractivity contribution in [1.29, 1.82) is 0 Å². The molecule has 0 saturated carbocycles. The Morgan fingerprint density at radius 2 is 1.92 bits per heavy atom. The number of aryl methyl sites for hydroxylation is 1. The standard InChI is InChI=1S/C19H19FN4O2/c1-13-21-17-7-6-16(12-24(17)23-13)22-18(25)19(8-10-26-11-9-19)14-2-4-15(20)5-3-14/h2-7,12H,8-11H2,1H3,(H,22,25). The summed E-state index contributed by atoms with van der Waals surface area (Å²) in [6.07, 6.45) is 2.84. The molecule has 1 aliphatic rings. The number of benzene rings is 1. The predicted molar refractivity (Wildman–Crippen MR) is 94.5 cm³/mol. The first-order chi connectivity index (χ1) is 12.6. The van der Waals surface area contributed by atoms with Crippen LogP contribution in [0.1, 0.15) is 24.2 Å². The van der Waals surface area contributed by atoms with Gasteiger partial charge in [0.1, 0.15) is 11.6 Å². The molecule has 3 heterocycles. The molecule has 1 amide bonds. The van der Waals surface area contributed by atoms with Crippen molar-refractivity contribution in [3.05, 3.63) is 59.8 Å². The SMILES string of the molecule is Cc1nc2ccc(NC(=O)C3(c4ccc(F)cc4)CCOCC3)cn2n1. The molecule has 2 aromatic heterocycles. The van der Waals surface area contributed by atoms with Crippen molar-refractivity contribution in [1.82, 2.24) is 14.6 Å². The second-order valence-corrected chi connectivity index (χ2v) is 6.54. The Balaban J connectivity index is 1.66. The molecule has 1 N–H and O–H groups in total. The maximum absolute atomic E-state index is 13.3. The Morgan fingerprint density at radius 3 is 2.65 bits per heavy atom. The van der Waals surface area contributed by atoms with E-state index in [4.69, 9.17) is 4.74 Å². The fourth-order valence-electron chi connectivity index (χ4n) is 3.45. The van der Waals surface area contributed by atoms with Gasteiger partial charge in [0, 0.05) is 13.2 Å². The summed E-state index contributed by atoms with van der Waals surface area (Å²) >= 11 is 0. The number of nitrogens with one attached hydrogen (secondary N) is 1. The van der Waals surface area contributed by atoms with E-state index in [0.717, 1.165) is 11.2 Å². The molecule has 26 heavy (non-hydrogen) atoms. The van der Waals surface area contributed by atoms with E-state index in [1.807, 2.05) is 13.0 Å². The van der Waals surface area contributed by atoms with Gasteiger partial charge in [0.15, 0.2) is 5.65 Å². The highest BCUT2D eigenvalue weighted by Crippen LogP contribution is 2.36. The number of hydrogen-bond donors (Lipinski definition) is 1. The number of aromatic nitrogens is 3. The van der Waals surface area contributed by atoms with E-state index in [9.17, 15) is 9.18 Å². The molecule has 0 unspecified atom stereocenters. The lowest BCUT2D eigenvalue weighted by atomic mass is 9.73. The number of ether oxygens (including phenoxy) is 1. The van der Waals surface area contributed by atoms with Gasteiger partial charge in [-0.3, -0.25) is 4.79 Å². The third kappa shape index (κ3) is 2.94. The molecule has 1 saturated heterocycles. The monoisotopic (exact) mass is 354 g/mol. The first-order valence-corrected chi connectivity index (χ1v) is 8.55. The number of rotatable bonds is 3. The summed E-state index contributed by atoms with van der Waals surface area (Å²) in [6.45, 7) is 2.80. The van der Waals surface area contributed by atoms with Crippen LogP contribution < -0.4 is 5.32 Å². The number of carbonyl (C=O) groups excluding carboxylic acids is 1. The Hall–Kier alpha value is -2.80. The molecule has 7 heteroatoms. The Bertz CT molecular complexity index is 946. The second kappa shape index (κ2) is 6.49. The summed E-state index contributed by atoms with van der Waals surface area (Å²) in [5, 5.41) is 7.26. The number of carbonyl (C=O) groups is 1. The van der Waals surface area contributed by atoms with Gasteiger partial charge in [-0.15, -0.1) is 0 Å². The molecule has 6 nitrogen and oxygen atoms in total. The van der Waals surface area contributed by atoms with E-state index in [1.165, 1.54) is 12.1 Å². The highest BCUT2D eigenvalue weighted by atomic mass is 19.1. The molecule has 0 spiro atoms. The first-order valence-electron chi connectivity index (χ1n) is 8.55. The van der Waals surface area contributed by atoms with Gasteiger partial charge in [-0.25, -0.2) is 13.9 Å². The molecular formula is C19H19FN4O2. The van der Waals surface area contributed by atoms with Crippen LogP contribution in [0.25, 0.3) is 5.65 Å². The van der Waals surface area contributed by atoms with Crippen LogP contribution >= 0.6 is 0 Å². The van der Waals surface area contributed by atoms with Gasteiger partial charge in [-0.05, 0) is 49.6 Å². The summed E-state index contributed by atoms with van der Waals surface area (Å²) in [4.78, 5) is 17.5. The van der Waals surface area contributed by atoms with Gasteiger partial charge in [0.25, 0.3) is 0 Å². The Kier molecular flexibility index (Phi) is 4.16. The van der Waals surface area contributed by atoms with E-state index < -0.39 is 5.41 Å². The number of halogens is 1. The largest absolute Gasteiger partial charge is 0.381 e. The maximum Gasteiger partial charge on any atom is 0.235 e. The zero-order chi connectivity index (χ0) is 18.1. The zero-order valence-corrected chi connectivity index (χ0v) is 14.4. The summed E-state index contributed by atoms with van der Waals surface area (Å²) < 4.78 is 20.4. The molecule has 0 radical (unpaired) electrons.